The van der Waals surface area contributed by atoms with Crippen molar-refractivity contribution in [2.24, 2.45) is 0 Å². The molecule has 0 fully saturated rings. The molecule has 0 bridgehead atoms. The summed E-state index contributed by atoms with van der Waals surface area (Å²) in [5, 5.41) is 2.67. The Morgan fingerprint density at radius 2 is 1.22 bits per heavy atom. The monoisotopic (exact) mass is 422 g/mol. The molecule has 1 N–H and O–H groups in total. The minimum Gasteiger partial charge on any atom is -0.326 e. The zero-order valence-corrected chi connectivity index (χ0v) is 16.2. The van der Waals surface area contributed by atoms with Gasteiger partial charge >= 0.3 is 11.8 Å². The Kier molecular flexibility index (Phi) is 6.39. The predicted octanol–water partition coefficient (Wildman–Crippen LogP) is 4.62. The summed E-state index contributed by atoms with van der Waals surface area (Å²) in [5.74, 6) is -1.21. The minimum absolute atomic E-state index is 0.363. The van der Waals surface area contributed by atoms with Crippen LogP contribution >= 0.6 is 15.9 Å². The second-order valence-electron chi connectivity index (χ2n) is 6.09. The lowest BCUT2D eigenvalue weighted by atomic mass is 10.1. The molecule has 0 saturated heterocycles. The molecular formula is C22H19BrN2O2. The van der Waals surface area contributed by atoms with E-state index in [1.807, 2.05) is 72.8 Å². The van der Waals surface area contributed by atoms with Crippen molar-refractivity contribution in [3.05, 3.63) is 101 Å². The molecule has 136 valence electrons. The van der Waals surface area contributed by atoms with Gasteiger partial charge in [-0.25, -0.2) is 0 Å². The van der Waals surface area contributed by atoms with E-state index in [0.717, 1.165) is 15.6 Å². The van der Waals surface area contributed by atoms with E-state index in [1.54, 1.807) is 17.0 Å². The summed E-state index contributed by atoms with van der Waals surface area (Å²) in [4.78, 5) is 26.9. The lowest BCUT2D eigenvalue weighted by Gasteiger charge is -2.22. The van der Waals surface area contributed by atoms with Gasteiger partial charge in [-0.15, -0.1) is 0 Å². The van der Waals surface area contributed by atoms with Gasteiger partial charge in [0.1, 0.15) is 0 Å². The molecule has 27 heavy (non-hydrogen) atoms. The van der Waals surface area contributed by atoms with Crippen LogP contribution in [0.5, 0.6) is 0 Å². The van der Waals surface area contributed by atoms with Crippen LogP contribution in [-0.2, 0) is 22.7 Å². The molecule has 0 saturated carbocycles. The summed E-state index contributed by atoms with van der Waals surface area (Å²) < 4.78 is 0.904. The molecule has 0 radical (unpaired) electrons. The molecule has 0 aliphatic heterocycles. The highest BCUT2D eigenvalue weighted by Crippen LogP contribution is 2.15. The van der Waals surface area contributed by atoms with Crippen LogP contribution in [-0.4, -0.2) is 16.7 Å². The number of halogens is 1. The fourth-order valence-corrected chi connectivity index (χ4v) is 2.93. The third-order valence-electron chi connectivity index (χ3n) is 4.02. The highest BCUT2D eigenvalue weighted by Gasteiger charge is 2.22. The minimum atomic E-state index is -0.649. The number of anilines is 1. The third kappa shape index (κ3) is 5.53. The molecule has 2 amide bonds. The maximum atomic E-state index is 12.8. The molecule has 0 atom stereocenters. The fraction of sp³-hybridized carbons (Fsp3) is 0.0909. The Hall–Kier alpha value is -2.92. The second kappa shape index (κ2) is 9.14. The van der Waals surface area contributed by atoms with Crippen LogP contribution in [0.4, 0.5) is 5.69 Å². The number of hydrogen-bond donors (Lipinski definition) is 1. The summed E-state index contributed by atoms with van der Waals surface area (Å²) in [5.41, 5.74) is 2.52. The van der Waals surface area contributed by atoms with Gasteiger partial charge in [0.15, 0.2) is 0 Å². The van der Waals surface area contributed by atoms with Crippen molar-refractivity contribution in [1.82, 2.24) is 4.90 Å². The molecule has 5 heteroatoms. The zero-order valence-electron chi connectivity index (χ0n) is 14.6. The Bertz CT molecular complexity index is 855. The van der Waals surface area contributed by atoms with E-state index in [-0.39, 0.29) is 0 Å². The number of nitrogens with zero attached hydrogens (tertiary/aromatic N) is 1. The number of amides is 2. The van der Waals surface area contributed by atoms with Gasteiger partial charge in [-0.05, 0) is 35.4 Å². The number of hydrogen-bond acceptors (Lipinski definition) is 2. The number of nitrogens with one attached hydrogen (secondary N) is 1. The van der Waals surface area contributed by atoms with E-state index >= 15 is 0 Å². The van der Waals surface area contributed by atoms with Crippen molar-refractivity contribution in [2.75, 3.05) is 5.32 Å². The summed E-state index contributed by atoms with van der Waals surface area (Å²) in [6.45, 7) is 0.727. The first-order chi connectivity index (χ1) is 13.1. The largest absolute Gasteiger partial charge is 0.326 e. The van der Waals surface area contributed by atoms with Crippen molar-refractivity contribution in [1.29, 1.82) is 0 Å². The first kappa shape index (κ1) is 18.9. The molecule has 3 rings (SSSR count). The smallest absolute Gasteiger partial charge is 0.313 e. The summed E-state index contributed by atoms with van der Waals surface area (Å²) >= 11 is 3.35. The molecule has 3 aromatic rings. The number of carbonyl (C=O) groups is 2. The van der Waals surface area contributed by atoms with Crippen LogP contribution in [0.25, 0.3) is 0 Å². The first-order valence-corrected chi connectivity index (χ1v) is 9.35. The molecule has 0 heterocycles. The van der Waals surface area contributed by atoms with Gasteiger partial charge in [-0.3, -0.25) is 9.59 Å². The van der Waals surface area contributed by atoms with Crippen molar-refractivity contribution in [3.8, 4) is 0 Å². The maximum Gasteiger partial charge on any atom is 0.313 e. The SMILES string of the molecule is O=C(Nc1ccc(Br)cc1)C(=O)N(Cc1ccccc1)Cc1ccccc1. The second-order valence-corrected chi connectivity index (χ2v) is 7.01. The highest BCUT2D eigenvalue weighted by atomic mass is 79.9. The molecule has 0 unspecified atom stereocenters. The normalized spacial score (nSPS) is 10.3. The van der Waals surface area contributed by atoms with Crippen LogP contribution in [0.3, 0.4) is 0 Å². The Labute approximate surface area is 167 Å². The van der Waals surface area contributed by atoms with Crippen LogP contribution in [0.1, 0.15) is 11.1 Å². The first-order valence-electron chi connectivity index (χ1n) is 8.55. The molecule has 4 nitrogen and oxygen atoms in total. The van der Waals surface area contributed by atoms with Crippen LogP contribution in [0.15, 0.2) is 89.4 Å². The Morgan fingerprint density at radius 1 is 0.741 bits per heavy atom. The van der Waals surface area contributed by atoms with E-state index in [4.69, 9.17) is 0 Å². The van der Waals surface area contributed by atoms with Crippen molar-refractivity contribution >= 4 is 33.4 Å². The van der Waals surface area contributed by atoms with Crippen molar-refractivity contribution in [3.63, 3.8) is 0 Å². The topological polar surface area (TPSA) is 49.4 Å². The summed E-state index contributed by atoms with van der Waals surface area (Å²) in [6, 6.07) is 26.4. The summed E-state index contributed by atoms with van der Waals surface area (Å²) in [6.07, 6.45) is 0. The zero-order chi connectivity index (χ0) is 19.1. The van der Waals surface area contributed by atoms with Crippen LogP contribution in [0, 0.1) is 0 Å². The Morgan fingerprint density at radius 3 is 1.70 bits per heavy atom. The van der Waals surface area contributed by atoms with Gasteiger partial charge in [0.25, 0.3) is 0 Å². The van der Waals surface area contributed by atoms with Gasteiger partial charge in [0.05, 0.1) is 0 Å². The summed E-state index contributed by atoms with van der Waals surface area (Å²) in [7, 11) is 0. The van der Waals surface area contributed by atoms with Gasteiger partial charge in [0.2, 0.25) is 0 Å². The molecular weight excluding hydrogens is 404 g/mol. The average molecular weight is 423 g/mol. The van der Waals surface area contributed by atoms with E-state index < -0.39 is 11.8 Å². The van der Waals surface area contributed by atoms with Gasteiger partial charge in [-0.1, -0.05) is 76.6 Å². The molecule has 3 aromatic carbocycles. The van der Waals surface area contributed by atoms with Gasteiger partial charge in [-0.2, -0.15) is 0 Å². The molecule has 0 aliphatic carbocycles. The van der Waals surface area contributed by atoms with Crippen LogP contribution in [0.2, 0.25) is 0 Å². The fourth-order valence-electron chi connectivity index (χ4n) is 2.67. The van der Waals surface area contributed by atoms with Gasteiger partial charge < -0.3 is 10.2 Å². The number of carbonyl (C=O) groups excluding carboxylic acids is 2. The number of rotatable bonds is 5. The van der Waals surface area contributed by atoms with Crippen molar-refractivity contribution < 1.29 is 9.59 Å². The lowest BCUT2D eigenvalue weighted by Crippen LogP contribution is -2.38. The molecule has 0 spiro atoms. The maximum absolute atomic E-state index is 12.8. The van der Waals surface area contributed by atoms with E-state index in [9.17, 15) is 9.59 Å². The number of benzene rings is 3. The molecule has 0 aromatic heterocycles. The van der Waals surface area contributed by atoms with E-state index in [2.05, 4.69) is 21.2 Å². The highest BCUT2D eigenvalue weighted by molar-refractivity contribution is 9.10. The Balaban J connectivity index is 1.76. The quantitative estimate of drug-likeness (QED) is 0.609. The van der Waals surface area contributed by atoms with E-state index in [1.165, 1.54) is 0 Å². The lowest BCUT2D eigenvalue weighted by molar-refractivity contribution is -0.144. The van der Waals surface area contributed by atoms with Crippen molar-refractivity contribution in [2.45, 2.75) is 13.1 Å². The predicted molar refractivity (Wildman–Crippen MR) is 110 cm³/mol. The van der Waals surface area contributed by atoms with Gasteiger partial charge in [0, 0.05) is 23.2 Å². The third-order valence-corrected chi connectivity index (χ3v) is 4.54. The van der Waals surface area contributed by atoms with Crippen LogP contribution < -0.4 is 5.32 Å². The molecule has 0 aliphatic rings. The average Bonchev–Trinajstić information content (AvgIpc) is 2.70. The van der Waals surface area contributed by atoms with E-state index in [0.29, 0.717) is 18.8 Å². The standard InChI is InChI=1S/C22H19BrN2O2/c23-19-11-13-20(14-12-19)24-21(26)22(27)25(15-17-7-3-1-4-8-17)16-18-9-5-2-6-10-18/h1-14H,15-16H2,(H,24,26).